The molecular formula is C14H15FN2O2S. The molecule has 1 aromatic rings. The van der Waals surface area contributed by atoms with Crippen LogP contribution in [0.15, 0.2) is 23.1 Å². The lowest BCUT2D eigenvalue weighted by Crippen LogP contribution is -2.36. The summed E-state index contributed by atoms with van der Waals surface area (Å²) in [4.78, 5) is 24.3. The smallest absolute Gasteiger partial charge is 0.225 e. The average molecular weight is 294 g/mol. The van der Waals surface area contributed by atoms with Crippen LogP contribution in [-0.2, 0) is 9.59 Å². The van der Waals surface area contributed by atoms with Crippen molar-refractivity contribution in [2.24, 2.45) is 5.92 Å². The van der Waals surface area contributed by atoms with Gasteiger partial charge in [0.25, 0.3) is 0 Å². The Morgan fingerprint density at radius 1 is 1.45 bits per heavy atom. The van der Waals surface area contributed by atoms with Gasteiger partial charge in [-0.25, -0.2) is 4.39 Å². The van der Waals surface area contributed by atoms with Gasteiger partial charge in [0.05, 0.1) is 12.0 Å². The minimum atomic E-state index is -0.311. The Bertz CT molecular complexity index is 564. The molecule has 2 aliphatic rings. The molecular weight excluding hydrogens is 279 g/mol. The zero-order valence-electron chi connectivity index (χ0n) is 10.8. The standard InChI is InChI=1S/C14H15FN2O2S/c15-9-1-2-12-10(6-9)11(3-4-20-12)17-14(19)8-5-13(18)16-7-8/h1-2,6,8,11H,3-5,7H2,(H,16,18)(H,17,19). The summed E-state index contributed by atoms with van der Waals surface area (Å²) in [5, 5.41) is 5.61. The van der Waals surface area contributed by atoms with Crippen molar-refractivity contribution in [3.05, 3.63) is 29.6 Å². The molecule has 0 bridgehead atoms. The van der Waals surface area contributed by atoms with Crippen molar-refractivity contribution in [3.8, 4) is 0 Å². The van der Waals surface area contributed by atoms with E-state index < -0.39 is 0 Å². The van der Waals surface area contributed by atoms with Crippen molar-refractivity contribution in [2.45, 2.75) is 23.8 Å². The Labute approximate surface area is 120 Å². The number of nitrogens with one attached hydrogen (secondary N) is 2. The molecule has 2 atom stereocenters. The van der Waals surface area contributed by atoms with Gasteiger partial charge in [-0.05, 0) is 30.2 Å². The van der Waals surface area contributed by atoms with Gasteiger partial charge in [0.1, 0.15) is 5.82 Å². The van der Waals surface area contributed by atoms with Gasteiger partial charge in [0, 0.05) is 23.6 Å². The molecule has 0 aliphatic carbocycles. The first-order valence-corrected chi connectivity index (χ1v) is 7.61. The maximum atomic E-state index is 13.4. The second kappa shape index (κ2) is 5.44. The fraction of sp³-hybridized carbons (Fsp3) is 0.429. The van der Waals surface area contributed by atoms with Crippen molar-refractivity contribution >= 4 is 23.6 Å². The fourth-order valence-corrected chi connectivity index (χ4v) is 3.70. The molecule has 1 aromatic carbocycles. The first-order chi connectivity index (χ1) is 9.63. The maximum absolute atomic E-state index is 13.4. The molecule has 2 N–H and O–H groups in total. The Hall–Kier alpha value is -1.56. The van der Waals surface area contributed by atoms with Gasteiger partial charge in [-0.3, -0.25) is 9.59 Å². The van der Waals surface area contributed by atoms with E-state index in [-0.39, 0.29) is 36.0 Å². The van der Waals surface area contributed by atoms with Crippen LogP contribution in [0.5, 0.6) is 0 Å². The van der Waals surface area contributed by atoms with Gasteiger partial charge in [0.2, 0.25) is 11.8 Å². The third-order valence-corrected chi connectivity index (χ3v) is 4.80. The summed E-state index contributed by atoms with van der Waals surface area (Å²) in [6, 6.07) is 4.53. The lowest BCUT2D eigenvalue weighted by atomic mass is 10.0. The minimum absolute atomic E-state index is 0.0872. The van der Waals surface area contributed by atoms with Crippen molar-refractivity contribution in [1.82, 2.24) is 10.6 Å². The average Bonchev–Trinajstić information content (AvgIpc) is 2.86. The highest BCUT2D eigenvalue weighted by molar-refractivity contribution is 7.99. The van der Waals surface area contributed by atoms with Crippen LogP contribution in [0.4, 0.5) is 4.39 Å². The van der Waals surface area contributed by atoms with E-state index >= 15 is 0 Å². The van der Waals surface area contributed by atoms with Gasteiger partial charge in [-0.1, -0.05) is 0 Å². The molecule has 2 amide bonds. The van der Waals surface area contributed by atoms with E-state index in [1.807, 2.05) is 0 Å². The number of thioether (sulfide) groups is 1. The van der Waals surface area contributed by atoms with Crippen LogP contribution in [0.3, 0.4) is 0 Å². The van der Waals surface area contributed by atoms with Crippen LogP contribution in [0, 0.1) is 11.7 Å². The van der Waals surface area contributed by atoms with Crippen molar-refractivity contribution in [2.75, 3.05) is 12.3 Å². The van der Waals surface area contributed by atoms with Crippen LogP contribution in [0.1, 0.15) is 24.4 Å². The van der Waals surface area contributed by atoms with Gasteiger partial charge >= 0.3 is 0 Å². The van der Waals surface area contributed by atoms with Gasteiger partial charge in [-0.2, -0.15) is 0 Å². The van der Waals surface area contributed by atoms with E-state index in [4.69, 9.17) is 0 Å². The summed E-state index contributed by atoms with van der Waals surface area (Å²) in [5.74, 6) is 0.0781. The number of rotatable bonds is 2. The largest absolute Gasteiger partial charge is 0.355 e. The normalized spacial score (nSPS) is 24.9. The molecule has 106 valence electrons. The zero-order chi connectivity index (χ0) is 14.1. The van der Waals surface area contributed by atoms with E-state index in [1.54, 1.807) is 17.8 Å². The Kier molecular flexibility index (Phi) is 3.65. The quantitative estimate of drug-likeness (QED) is 0.871. The predicted molar refractivity (Wildman–Crippen MR) is 73.7 cm³/mol. The minimum Gasteiger partial charge on any atom is -0.355 e. The highest BCUT2D eigenvalue weighted by Crippen LogP contribution is 2.36. The maximum Gasteiger partial charge on any atom is 0.225 e. The molecule has 0 spiro atoms. The van der Waals surface area contributed by atoms with Crippen LogP contribution >= 0.6 is 11.8 Å². The van der Waals surface area contributed by atoms with Crippen LogP contribution in [-0.4, -0.2) is 24.1 Å². The molecule has 0 aromatic heterocycles. The topological polar surface area (TPSA) is 58.2 Å². The molecule has 2 aliphatic heterocycles. The fourth-order valence-electron chi connectivity index (χ4n) is 2.60. The summed E-state index contributed by atoms with van der Waals surface area (Å²) < 4.78 is 13.4. The summed E-state index contributed by atoms with van der Waals surface area (Å²) in [5.41, 5.74) is 0.840. The van der Waals surface area contributed by atoms with E-state index in [1.165, 1.54) is 12.1 Å². The van der Waals surface area contributed by atoms with Gasteiger partial charge < -0.3 is 10.6 Å². The van der Waals surface area contributed by atoms with E-state index in [9.17, 15) is 14.0 Å². The lowest BCUT2D eigenvalue weighted by molar-refractivity contribution is -0.127. The Morgan fingerprint density at radius 3 is 3.05 bits per heavy atom. The Morgan fingerprint density at radius 2 is 2.30 bits per heavy atom. The second-order valence-electron chi connectivity index (χ2n) is 5.09. The summed E-state index contributed by atoms with van der Waals surface area (Å²) >= 11 is 1.68. The third kappa shape index (κ3) is 2.65. The summed E-state index contributed by atoms with van der Waals surface area (Å²) in [7, 11) is 0. The van der Waals surface area contributed by atoms with Gasteiger partial charge in [0.15, 0.2) is 0 Å². The monoisotopic (exact) mass is 294 g/mol. The van der Waals surface area contributed by atoms with Crippen LogP contribution in [0.2, 0.25) is 0 Å². The Balaban J connectivity index is 1.74. The first-order valence-electron chi connectivity index (χ1n) is 6.63. The molecule has 0 saturated carbocycles. The van der Waals surface area contributed by atoms with Crippen molar-refractivity contribution in [1.29, 1.82) is 0 Å². The number of amides is 2. The van der Waals surface area contributed by atoms with Crippen molar-refractivity contribution < 1.29 is 14.0 Å². The summed E-state index contributed by atoms with van der Waals surface area (Å²) in [6.45, 7) is 0.391. The van der Waals surface area contributed by atoms with E-state index in [0.717, 1.165) is 22.6 Å². The molecule has 2 heterocycles. The highest BCUT2D eigenvalue weighted by Gasteiger charge is 2.31. The number of carbonyl (C=O) groups is 2. The number of benzene rings is 1. The number of hydrogen-bond acceptors (Lipinski definition) is 3. The molecule has 0 radical (unpaired) electrons. The first kappa shape index (κ1) is 13.4. The molecule has 3 rings (SSSR count). The summed E-state index contributed by atoms with van der Waals surface area (Å²) in [6.07, 6.45) is 1.02. The van der Waals surface area contributed by atoms with Gasteiger partial charge in [-0.15, -0.1) is 11.8 Å². The van der Waals surface area contributed by atoms with Crippen LogP contribution < -0.4 is 10.6 Å². The number of carbonyl (C=O) groups excluding carboxylic acids is 2. The molecule has 4 nitrogen and oxygen atoms in total. The predicted octanol–water partition coefficient (Wildman–Crippen LogP) is 1.61. The third-order valence-electron chi connectivity index (χ3n) is 3.68. The number of halogens is 1. The molecule has 2 unspecified atom stereocenters. The van der Waals surface area contributed by atoms with Crippen LogP contribution in [0.25, 0.3) is 0 Å². The zero-order valence-corrected chi connectivity index (χ0v) is 11.6. The number of hydrogen-bond donors (Lipinski definition) is 2. The number of fused-ring (bicyclic) bond motifs is 1. The highest BCUT2D eigenvalue weighted by atomic mass is 32.2. The van der Waals surface area contributed by atoms with Crippen molar-refractivity contribution in [3.63, 3.8) is 0 Å². The molecule has 1 saturated heterocycles. The molecule has 20 heavy (non-hydrogen) atoms. The molecule has 1 fully saturated rings. The second-order valence-corrected chi connectivity index (χ2v) is 6.22. The lowest BCUT2D eigenvalue weighted by Gasteiger charge is -2.26. The van der Waals surface area contributed by atoms with E-state index in [2.05, 4.69) is 10.6 Å². The van der Waals surface area contributed by atoms with E-state index in [0.29, 0.717) is 6.54 Å². The SMILES string of the molecule is O=C1CC(C(=O)NC2CCSc3ccc(F)cc32)CN1. The molecule has 6 heteroatoms.